The van der Waals surface area contributed by atoms with Gasteiger partial charge < -0.3 is 5.11 Å². The summed E-state index contributed by atoms with van der Waals surface area (Å²) in [5.74, 6) is 0. The van der Waals surface area contributed by atoms with Crippen LogP contribution in [0.25, 0.3) is 0 Å². The summed E-state index contributed by atoms with van der Waals surface area (Å²) in [6.45, 7) is 0.266. The molecule has 0 aromatic heterocycles. The molecule has 1 aromatic carbocycles. The molecular weight excluding hydrogens is 188 g/mol. The van der Waals surface area contributed by atoms with Crippen LogP contribution >= 0.6 is 0 Å². The van der Waals surface area contributed by atoms with Gasteiger partial charge in [-0.05, 0) is 31.4 Å². The maximum atomic E-state index is 8.60. The minimum Gasteiger partial charge on any atom is -0.396 e. The van der Waals surface area contributed by atoms with Gasteiger partial charge in [0.15, 0.2) is 0 Å². The van der Waals surface area contributed by atoms with Gasteiger partial charge in [0, 0.05) is 19.9 Å². The monoisotopic (exact) mass is 206 g/mol. The highest BCUT2D eigenvalue weighted by Crippen LogP contribution is 2.10. The molecule has 0 saturated carbocycles. The molecule has 0 amide bonds. The van der Waals surface area contributed by atoms with Gasteiger partial charge in [-0.25, -0.2) is 0 Å². The first kappa shape index (κ1) is 11.7. The number of unbranched alkanes of at least 4 members (excludes halogenated alkanes) is 2. The quantitative estimate of drug-likeness (QED) is 0.440. The predicted molar refractivity (Wildman–Crippen MR) is 64.3 cm³/mol. The van der Waals surface area contributed by atoms with Crippen molar-refractivity contribution in [3.63, 3.8) is 0 Å². The summed E-state index contributed by atoms with van der Waals surface area (Å²) in [5, 5.41) is 14.7. The molecule has 0 aliphatic heterocycles. The van der Waals surface area contributed by atoms with Gasteiger partial charge in [-0.15, -0.1) is 0 Å². The number of aliphatic hydroxyl groups is 1. The van der Waals surface area contributed by atoms with Crippen molar-refractivity contribution in [1.29, 1.82) is 0 Å². The van der Waals surface area contributed by atoms with Gasteiger partial charge in [-0.2, -0.15) is 5.10 Å². The number of nitrogens with zero attached hydrogens (tertiary/aromatic N) is 2. The van der Waals surface area contributed by atoms with Crippen molar-refractivity contribution >= 4 is 11.9 Å². The maximum absolute atomic E-state index is 8.60. The molecule has 0 atom stereocenters. The van der Waals surface area contributed by atoms with Gasteiger partial charge in [-0.3, -0.25) is 5.01 Å². The van der Waals surface area contributed by atoms with Crippen LogP contribution in [0.5, 0.6) is 0 Å². The van der Waals surface area contributed by atoms with Gasteiger partial charge in [-0.1, -0.05) is 18.2 Å². The first-order valence-electron chi connectivity index (χ1n) is 5.26. The van der Waals surface area contributed by atoms with Crippen molar-refractivity contribution < 1.29 is 5.11 Å². The number of hydrazone groups is 1. The lowest BCUT2D eigenvalue weighted by molar-refractivity contribution is 0.286. The summed E-state index contributed by atoms with van der Waals surface area (Å²) in [6.07, 6.45) is 4.64. The van der Waals surface area contributed by atoms with Gasteiger partial charge >= 0.3 is 0 Å². The zero-order chi connectivity index (χ0) is 10.9. The third-order valence-corrected chi connectivity index (χ3v) is 2.13. The number of aliphatic hydroxyl groups excluding tert-OH is 1. The van der Waals surface area contributed by atoms with E-state index in [9.17, 15) is 0 Å². The van der Waals surface area contributed by atoms with Crippen molar-refractivity contribution in [2.75, 3.05) is 18.7 Å². The highest BCUT2D eigenvalue weighted by molar-refractivity contribution is 5.60. The standard InChI is InChI=1S/C12H18N2O/c1-14(12-8-4-2-5-9-12)13-10-6-3-7-11-15/h2,4-5,8-10,15H,3,6-7,11H2,1H3. The molecule has 0 spiro atoms. The van der Waals surface area contributed by atoms with Crippen LogP contribution in [-0.2, 0) is 0 Å². The van der Waals surface area contributed by atoms with Crippen LogP contribution in [-0.4, -0.2) is 25.0 Å². The average Bonchev–Trinajstić information content (AvgIpc) is 2.30. The molecule has 0 fully saturated rings. The Kier molecular flexibility index (Phi) is 5.48. The molecule has 3 heteroatoms. The maximum Gasteiger partial charge on any atom is 0.0590 e. The van der Waals surface area contributed by atoms with Crippen LogP contribution in [0.3, 0.4) is 0 Å². The number of para-hydroxylation sites is 1. The van der Waals surface area contributed by atoms with Crippen molar-refractivity contribution in [2.45, 2.75) is 19.3 Å². The molecule has 0 aliphatic carbocycles. The number of hydrogen-bond donors (Lipinski definition) is 1. The molecule has 0 bridgehead atoms. The minimum atomic E-state index is 0.266. The lowest BCUT2D eigenvalue weighted by Gasteiger charge is -2.11. The molecule has 1 aromatic rings. The fraction of sp³-hybridized carbons (Fsp3) is 0.417. The minimum absolute atomic E-state index is 0.266. The van der Waals surface area contributed by atoms with Crippen molar-refractivity contribution in [3.05, 3.63) is 30.3 Å². The van der Waals surface area contributed by atoms with E-state index in [0.717, 1.165) is 24.9 Å². The van der Waals surface area contributed by atoms with E-state index in [1.807, 2.05) is 48.6 Å². The Morgan fingerprint density at radius 1 is 1.27 bits per heavy atom. The van der Waals surface area contributed by atoms with Gasteiger partial charge in [0.25, 0.3) is 0 Å². The van der Waals surface area contributed by atoms with Crippen LogP contribution < -0.4 is 5.01 Å². The molecule has 0 unspecified atom stereocenters. The van der Waals surface area contributed by atoms with Crippen LogP contribution in [0.2, 0.25) is 0 Å². The first-order chi connectivity index (χ1) is 7.34. The summed E-state index contributed by atoms with van der Waals surface area (Å²) >= 11 is 0. The molecule has 0 heterocycles. The van der Waals surface area contributed by atoms with E-state index in [-0.39, 0.29) is 6.61 Å². The molecule has 1 rings (SSSR count). The summed E-state index contributed by atoms with van der Waals surface area (Å²) in [5.41, 5.74) is 1.08. The molecule has 0 saturated heterocycles. The fourth-order valence-corrected chi connectivity index (χ4v) is 1.24. The topological polar surface area (TPSA) is 35.8 Å². The lowest BCUT2D eigenvalue weighted by atomic mass is 10.2. The molecule has 15 heavy (non-hydrogen) atoms. The molecule has 0 aliphatic rings. The van der Waals surface area contributed by atoms with E-state index >= 15 is 0 Å². The lowest BCUT2D eigenvalue weighted by Crippen LogP contribution is -2.08. The van der Waals surface area contributed by atoms with Crippen LogP contribution in [0.15, 0.2) is 35.4 Å². The second-order valence-corrected chi connectivity index (χ2v) is 3.38. The highest BCUT2D eigenvalue weighted by atomic mass is 16.2. The van der Waals surface area contributed by atoms with Crippen LogP contribution in [0.1, 0.15) is 19.3 Å². The van der Waals surface area contributed by atoms with E-state index in [1.165, 1.54) is 0 Å². The van der Waals surface area contributed by atoms with Gasteiger partial charge in [0.2, 0.25) is 0 Å². The van der Waals surface area contributed by atoms with Crippen LogP contribution in [0, 0.1) is 0 Å². The Bertz CT molecular complexity index is 285. The summed E-state index contributed by atoms with van der Waals surface area (Å²) < 4.78 is 0. The highest BCUT2D eigenvalue weighted by Gasteiger charge is 1.94. The van der Waals surface area contributed by atoms with Crippen molar-refractivity contribution in [2.24, 2.45) is 5.10 Å². The second kappa shape index (κ2) is 7.01. The Hall–Kier alpha value is -1.35. The summed E-state index contributed by atoms with van der Waals surface area (Å²) in [7, 11) is 1.93. The number of rotatable bonds is 6. The SMILES string of the molecule is CN(N=CCCCCO)c1ccccc1. The number of anilines is 1. The van der Waals surface area contributed by atoms with Crippen LogP contribution in [0.4, 0.5) is 5.69 Å². The predicted octanol–water partition coefficient (Wildman–Crippen LogP) is 2.27. The van der Waals surface area contributed by atoms with Crippen molar-refractivity contribution in [3.8, 4) is 0 Å². The van der Waals surface area contributed by atoms with E-state index in [2.05, 4.69) is 5.10 Å². The third kappa shape index (κ3) is 4.61. The normalized spacial score (nSPS) is 10.8. The molecule has 0 radical (unpaired) electrons. The number of hydrogen-bond acceptors (Lipinski definition) is 3. The van der Waals surface area contributed by atoms with Gasteiger partial charge in [0.05, 0.1) is 5.69 Å². The summed E-state index contributed by atoms with van der Waals surface area (Å²) in [4.78, 5) is 0. The van der Waals surface area contributed by atoms with E-state index in [4.69, 9.17) is 5.11 Å². The molecular formula is C12H18N2O. The Morgan fingerprint density at radius 3 is 2.67 bits per heavy atom. The molecule has 1 N–H and O–H groups in total. The first-order valence-corrected chi connectivity index (χ1v) is 5.26. The number of benzene rings is 1. The van der Waals surface area contributed by atoms with Gasteiger partial charge in [0.1, 0.15) is 0 Å². The third-order valence-electron chi connectivity index (χ3n) is 2.13. The van der Waals surface area contributed by atoms with Crippen molar-refractivity contribution in [1.82, 2.24) is 0 Å². The Morgan fingerprint density at radius 2 is 2.00 bits per heavy atom. The second-order valence-electron chi connectivity index (χ2n) is 3.38. The zero-order valence-electron chi connectivity index (χ0n) is 9.13. The summed E-state index contributed by atoms with van der Waals surface area (Å²) in [6, 6.07) is 10.0. The molecule has 82 valence electrons. The smallest absolute Gasteiger partial charge is 0.0590 e. The fourth-order valence-electron chi connectivity index (χ4n) is 1.24. The largest absolute Gasteiger partial charge is 0.396 e. The zero-order valence-corrected chi connectivity index (χ0v) is 9.13. The van der Waals surface area contributed by atoms with E-state index < -0.39 is 0 Å². The average molecular weight is 206 g/mol. The molecule has 3 nitrogen and oxygen atoms in total. The van der Waals surface area contributed by atoms with E-state index in [0.29, 0.717) is 0 Å². The Balaban J connectivity index is 2.32. The van der Waals surface area contributed by atoms with E-state index in [1.54, 1.807) is 0 Å². The Labute approximate surface area is 91.0 Å².